The van der Waals surface area contributed by atoms with Crippen molar-refractivity contribution in [2.75, 3.05) is 11.9 Å². The number of oxazole rings is 1. The number of aryl methyl sites for hydroxylation is 2. The van der Waals surface area contributed by atoms with E-state index < -0.39 is 0 Å². The second kappa shape index (κ2) is 7.25. The summed E-state index contributed by atoms with van der Waals surface area (Å²) in [5.41, 5.74) is 2.10. The van der Waals surface area contributed by atoms with Gasteiger partial charge in [0, 0.05) is 16.7 Å². The van der Waals surface area contributed by atoms with Crippen LogP contribution in [-0.2, 0) is 9.59 Å². The van der Waals surface area contributed by atoms with E-state index in [0.29, 0.717) is 29.3 Å². The standard InChI is InChI=1S/C24H29N3O3/c1-14-15(2)30-22(26-14)19-4-3-5-20(9-19)27-21(28)13-25-23(29)24-10-16-6-17(11-24)8-18(7-16)12-24/h3-5,9,16-18H,6-8,10-13H2,1-2H3,(H,25,29)(H,27,28). The third-order valence-corrected chi connectivity index (χ3v) is 7.35. The second-order valence-electron chi connectivity index (χ2n) is 9.67. The third-order valence-electron chi connectivity index (χ3n) is 7.35. The predicted molar refractivity (Wildman–Crippen MR) is 114 cm³/mol. The Hall–Kier alpha value is -2.63. The summed E-state index contributed by atoms with van der Waals surface area (Å²) < 4.78 is 5.68. The molecule has 0 radical (unpaired) electrons. The van der Waals surface area contributed by atoms with Crippen molar-refractivity contribution in [2.24, 2.45) is 23.2 Å². The Labute approximate surface area is 176 Å². The van der Waals surface area contributed by atoms with Gasteiger partial charge in [0.2, 0.25) is 17.7 Å². The number of nitrogens with one attached hydrogen (secondary N) is 2. The minimum Gasteiger partial charge on any atom is -0.441 e. The second-order valence-corrected chi connectivity index (χ2v) is 9.67. The van der Waals surface area contributed by atoms with Crippen LogP contribution in [0.25, 0.3) is 11.5 Å². The van der Waals surface area contributed by atoms with Gasteiger partial charge >= 0.3 is 0 Å². The molecule has 4 saturated carbocycles. The maximum atomic E-state index is 13.0. The molecule has 2 N–H and O–H groups in total. The SMILES string of the molecule is Cc1nc(-c2cccc(NC(=O)CNC(=O)C34CC5CC(CC(C5)C3)C4)c2)oc1C. The van der Waals surface area contributed by atoms with Gasteiger partial charge < -0.3 is 15.1 Å². The maximum Gasteiger partial charge on any atom is 0.243 e. The Kier molecular flexibility index (Phi) is 4.68. The van der Waals surface area contributed by atoms with Crippen LogP contribution < -0.4 is 10.6 Å². The molecule has 4 aliphatic carbocycles. The molecule has 4 aliphatic rings. The van der Waals surface area contributed by atoms with Crippen LogP contribution in [0.5, 0.6) is 0 Å². The molecule has 0 spiro atoms. The van der Waals surface area contributed by atoms with Gasteiger partial charge in [-0.15, -0.1) is 0 Å². The van der Waals surface area contributed by atoms with Gasteiger partial charge in [-0.2, -0.15) is 0 Å². The van der Waals surface area contributed by atoms with Crippen LogP contribution in [0.2, 0.25) is 0 Å². The van der Waals surface area contributed by atoms with Gasteiger partial charge in [-0.05, 0) is 88.3 Å². The zero-order chi connectivity index (χ0) is 20.9. The molecule has 1 aromatic carbocycles. The molecule has 0 saturated heterocycles. The van der Waals surface area contributed by atoms with Crippen LogP contribution in [-0.4, -0.2) is 23.3 Å². The molecular weight excluding hydrogens is 378 g/mol. The number of anilines is 1. The fourth-order valence-corrected chi connectivity index (χ4v) is 6.27. The lowest BCUT2D eigenvalue weighted by molar-refractivity contribution is -0.146. The molecule has 4 fully saturated rings. The van der Waals surface area contributed by atoms with E-state index in [1.807, 2.05) is 38.1 Å². The van der Waals surface area contributed by atoms with Gasteiger partial charge in [-0.3, -0.25) is 9.59 Å². The normalized spacial score (nSPS) is 29.1. The van der Waals surface area contributed by atoms with Crippen molar-refractivity contribution < 1.29 is 14.0 Å². The van der Waals surface area contributed by atoms with E-state index in [2.05, 4.69) is 15.6 Å². The molecular formula is C24H29N3O3. The van der Waals surface area contributed by atoms with E-state index in [0.717, 1.165) is 36.3 Å². The first-order valence-electron chi connectivity index (χ1n) is 11.0. The first-order chi connectivity index (χ1) is 14.4. The van der Waals surface area contributed by atoms with Gasteiger partial charge in [-0.25, -0.2) is 4.98 Å². The summed E-state index contributed by atoms with van der Waals surface area (Å²) in [6.45, 7) is 3.78. The summed E-state index contributed by atoms with van der Waals surface area (Å²) in [7, 11) is 0. The highest BCUT2D eigenvalue weighted by Crippen LogP contribution is 2.60. The Morgan fingerprint density at radius 2 is 1.77 bits per heavy atom. The summed E-state index contributed by atoms with van der Waals surface area (Å²) >= 11 is 0. The predicted octanol–water partition coefficient (Wildman–Crippen LogP) is 4.23. The third kappa shape index (κ3) is 3.53. The number of aromatic nitrogens is 1. The molecule has 30 heavy (non-hydrogen) atoms. The lowest BCUT2D eigenvalue weighted by atomic mass is 9.49. The number of rotatable bonds is 5. The number of hydrogen-bond acceptors (Lipinski definition) is 4. The molecule has 0 unspecified atom stereocenters. The van der Waals surface area contributed by atoms with Crippen molar-refractivity contribution in [1.82, 2.24) is 10.3 Å². The van der Waals surface area contributed by atoms with E-state index in [-0.39, 0.29) is 23.8 Å². The van der Waals surface area contributed by atoms with Gasteiger partial charge in [0.15, 0.2) is 0 Å². The number of amides is 2. The monoisotopic (exact) mass is 407 g/mol. The van der Waals surface area contributed by atoms with Crippen molar-refractivity contribution in [3.63, 3.8) is 0 Å². The molecule has 1 heterocycles. The van der Waals surface area contributed by atoms with Crippen LogP contribution in [0, 0.1) is 37.0 Å². The first-order valence-corrected chi connectivity index (χ1v) is 11.0. The molecule has 158 valence electrons. The maximum absolute atomic E-state index is 13.0. The van der Waals surface area contributed by atoms with Crippen molar-refractivity contribution in [3.05, 3.63) is 35.7 Å². The molecule has 6 rings (SSSR count). The Balaban J connectivity index is 1.20. The molecule has 2 amide bonds. The van der Waals surface area contributed by atoms with Crippen LogP contribution in [0.1, 0.15) is 50.0 Å². The zero-order valence-corrected chi connectivity index (χ0v) is 17.7. The van der Waals surface area contributed by atoms with E-state index in [9.17, 15) is 9.59 Å². The molecule has 6 nitrogen and oxygen atoms in total. The molecule has 1 aromatic heterocycles. The summed E-state index contributed by atoms with van der Waals surface area (Å²) in [4.78, 5) is 29.9. The lowest BCUT2D eigenvalue weighted by Crippen LogP contribution is -2.54. The van der Waals surface area contributed by atoms with Crippen molar-refractivity contribution in [3.8, 4) is 11.5 Å². The van der Waals surface area contributed by atoms with Crippen molar-refractivity contribution >= 4 is 17.5 Å². The van der Waals surface area contributed by atoms with Crippen LogP contribution in [0.3, 0.4) is 0 Å². The molecule has 2 aromatic rings. The van der Waals surface area contributed by atoms with E-state index in [1.54, 1.807) is 0 Å². The van der Waals surface area contributed by atoms with Crippen molar-refractivity contribution in [1.29, 1.82) is 0 Å². The topological polar surface area (TPSA) is 84.2 Å². The molecule has 0 aliphatic heterocycles. The number of hydrogen-bond donors (Lipinski definition) is 2. The molecule has 4 bridgehead atoms. The van der Waals surface area contributed by atoms with E-state index >= 15 is 0 Å². The highest BCUT2D eigenvalue weighted by Gasteiger charge is 2.54. The summed E-state index contributed by atoms with van der Waals surface area (Å²) in [5, 5.41) is 5.81. The number of benzene rings is 1. The largest absolute Gasteiger partial charge is 0.441 e. The zero-order valence-electron chi connectivity index (χ0n) is 17.7. The smallest absolute Gasteiger partial charge is 0.243 e. The molecule has 6 heteroatoms. The quantitative estimate of drug-likeness (QED) is 0.777. The average Bonchev–Trinajstić information content (AvgIpc) is 3.04. The first kappa shape index (κ1) is 19.3. The number of carbonyl (C=O) groups excluding carboxylic acids is 2. The summed E-state index contributed by atoms with van der Waals surface area (Å²) in [6, 6.07) is 7.41. The fraction of sp³-hybridized carbons (Fsp3) is 0.542. The van der Waals surface area contributed by atoms with E-state index in [1.165, 1.54) is 19.3 Å². The number of carbonyl (C=O) groups is 2. The highest BCUT2D eigenvalue weighted by molar-refractivity contribution is 5.95. The van der Waals surface area contributed by atoms with Gasteiger partial charge in [0.1, 0.15) is 5.76 Å². The highest BCUT2D eigenvalue weighted by atomic mass is 16.4. The molecule has 0 atom stereocenters. The Morgan fingerprint density at radius 1 is 1.10 bits per heavy atom. The minimum absolute atomic E-state index is 0.00201. The van der Waals surface area contributed by atoms with Crippen LogP contribution >= 0.6 is 0 Å². The van der Waals surface area contributed by atoms with Crippen molar-refractivity contribution in [2.45, 2.75) is 52.4 Å². The Bertz CT molecular complexity index is 939. The van der Waals surface area contributed by atoms with Crippen LogP contribution in [0.4, 0.5) is 5.69 Å². The summed E-state index contributed by atoms with van der Waals surface area (Å²) in [5.74, 6) is 3.31. The van der Waals surface area contributed by atoms with Gasteiger partial charge in [-0.1, -0.05) is 6.07 Å². The lowest BCUT2D eigenvalue weighted by Gasteiger charge is -2.55. The average molecular weight is 408 g/mol. The van der Waals surface area contributed by atoms with Gasteiger partial charge in [0.25, 0.3) is 0 Å². The van der Waals surface area contributed by atoms with Crippen LogP contribution in [0.15, 0.2) is 28.7 Å². The Morgan fingerprint density at radius 3 is 2.37 bits per heavy atom. The minimum atomic E-state index is -0.227. The van der Waals surface area contributed by atoms with Gasteiger partial charge in [0.05, 0.1) is 12.2 Å². The summed E-state index contributed by atoms with van der Waals surface area (Å²) in [6.07, 6.45) is 6.91. The van der Waals surface area contributed by atoms with E-state index in [4.69, 9.17) is 4.42 Å². The number of nitrogens with zero attached hydrogens (tertiary/aromatic N) is 1. The fourth-order valence-electron chi connectivity index (χ4n) is 6.27.